The van der Waals surface area contributed by atoms with Gasteiger partial charge in [-0.15, -0.1) is 0 Å². The van der Waals surface area contributed by atoms with Gasteiger partial charge in [-0.25, -0.2) is 0 Å². The standard InChI is InChI=1S/C19H16F2N3P/c1-14-6-2-3-7-15(14)10-12-18-22-19-13-11-16-8-4-5-9-17(16)24(19)25(20,21)23-18/h2-13,25H,1H3/b12-10-. The Balaban J connectivity index is 1.72. The van der Waals surface area contributed by atoms with E-state index < -0.39 is 8.19 Å². The SMILES string of the molecule is Cc1ccccc1/C=C\C1=N[PH](F)(F)N2C(=N1)C=Cc1ccccc12. The molecule has 0 bridgehead atoms. The van der Waals surface area contributed by atoms with Gasteiger partial charge < -0.3 is 0 Å². The van der Waals surface area contributed by atoms with Crippen LogP contribution in [0.5, 0.6) is 0 Å². The van der Waals surface area contributed by atoms with Gasteiger partial charge in [0.25, 0.3) is 0 Å². The number of anilines is 1. The second-order valence-corrected chi connectivity index (χ2v) is 7.56. The van der Waals surface area contributed by atoms with Crippen molar-refractivity contribution < 1.29 is 8.39 Å². The monoisotopic (exact) mass is 355 g/mol. The van der Waals surface area contributed by atoms with Crippen molar-refractivity contribution in [1.82, 2.24) is 0 Å². The van der Waals surface area contributed by atoms with Gasteiger partial charge in [0.2, 0.25) is 0 Å². The number of aryl methyl sites for hydroxylation is 1. The number of halogens is 2. The van der Waals surface area contributed by atoms with E-state index in [0.717, 1.165) is 21.4 Å². The Morgan fingerprint density at radius 2 is 1.72 bits per heavy atom. The fourth-order valence-corrected chi connectivity index (χ4v) is 4.30. The number of rotatable bonds is 2. The summed E-state index contributed by atoms with van der Waals surface area (Å²) >= 11 is 0. The van der Waals surface area contributed by atoms with E-state index in [1.165, 1.54) is 0 Å². The first-order valence-electron chi connectivity index (χ1n) is 7.92. The average molecular weight is 355 g/mol. The second kappa shape index (κ2) is 6.01. The molecule has 6 heteroatoms. The number of para-hydroxylation sites is 1. The summed E-state index contributed by atoms with van der Waals surface area (Å²) in [5, 5.41) is 0. The van der Waals surface area contributed by atoms with Gasteiger partial charge in [-0.05, 0) is 0 Å². The molecular formula is C19H16F2N3P. The number of amidine groups is 2. The summed E-state index contributed by atoms with van der Waals surface area (Å²) in [7, 11) is -5.03. The number of fused-ring (bicyclic) bond motifs is 3. The minimum atomic E-state index is -5.03. The zero-order valence-electron chi connectivity index (χ0n) is 13.5. The summed E-state index contributed by atoms with van der Waals surface area (Å²) in [6.45, 7) is 1.97. The molecule has 0 N–H and O–H groups in total. The summed E-state index contributed by atoms with van der Waals surface area (Å²) in [5.41, 5.74) is 3.25. The average Bonchev–Trinajstić information content (AvgIpc) is 2.60. The maximum atomic E-state index is 14.8. The fourth-order valence-electron chi connectivity index (χ4n) is 2.91. The van der Waals surface area contributed by atoms with Crippen LogP contribution in [0.3, 0.4) is 0 Å². The second-order valence-electron chi connectivity index (χ2n) is 5.87. The van der Waals surface area contributed by atoms with E-state index in [9.17, 15) is 8.39 Å². The molecule has 2 aliphatic heterocycles. The van der Waals surface area contributed by atoms with Crippen molar-refractivity contribution in [3.05, 3.63) is 77.4 Å². The number of nitrogens with zero attached hydrogens (tertiary/aromatic N) is 3. The molecule has 0 fully saturated rings. The van der Waals surface area contributed by atoms with Gasteiger partial charge in [0, 0.05) is 0 Å². The zero-order valence-corrected chi connectivity index (χ0v) is 14.5. The van der Waals surface area contributed by atoms with E-state index in [2.05, 4.69) is 9.76 Å². The van der Waals surface area contributed by atoms with Crippen LogP contribution in [-0.2, 0) is 0 Å². The van der Waals surface area contributed by atoms with Crippen molar-refractivity contribution in [2.75, 3.05) is 4.67 Å². The Kier molecular flexibility index (Phi) is 3.81. The fraction of sp³-hybridized carbons (Fsp3) is 0.0526. The summed E-state index contributed by atoms with van der Waals surface area (Å²) < 4.78 is 34.3. The van der Waals surface area contributed by atoms with Crippen molar-refractivity contribution in [1.29, 1.82) is 0 Å². The molecule has 4 rings (SSSR count). The van der Waals surface area contributed by atoms with Gasteiger partial charge in [0.15, 0.2) is 0 Å². The van der Waals surface area contributed by atoms with Gasteiger partial charge >= 0.3 is 145 Å². The molecule has 3 nitrogen and oxygen atoms in total. The van der Waals surface area contributed by atoms with Crippen molar-refractivity contribution in [3.8, 4) is 0 Å². The first-order chi connectivity index (χ1) is 12.0. The molecule has 0 unspecified atom stereocenters. The molecule has 2 aliphatic rings. The van der Waals surface area contributed by atoms with Crippen LogP contribution in [0.2, 0.25) is 0 Å². The molecule has 2 aromatic rings. The molecule has 0 radical (unpaired) electrons. The molecule has 126 valence electrons. The number of aliphatic imine (C=N–C) groups is 1. The minimum absolute atomic E-state index is 0.0650. The van der Waals surface area contributed by atoms with Gasteiger partial charge in [-0.2, -0.15) is 0 Å². The van der Waals surface area contributed by atoms with Gasteiger partial charge in [0.1, 0.15) is 0 Å². The van der Waals surface area contributed by atoms with E-state index >= 15 is 0 Å². The first kappa shape index (κ1) is 15.9. The normalized spacial score (nSPS) is 19.1. The summed E-state index contributed by atoms with van der Waals surface area (Å²) in [5.74, 6) is 0.310. The van der Waals surface area contributed by atoms with Crippen LogP contribution in [0, 0.1) is 6.92 Å². The van der Waals surface area contributed by atoms with Gasteiger partial charge in [-0.3, -0.25) is 0 Å². The predicted molar refractivity (Wildman–Crippen MR) is 104 cm³/mol. The van der Waals surface area contributed by atoms with Crippen LogP contribution in [0.25, 0.3) is 12.2 Å². The Hall–Kier alpha value is -2.65. The Morgan fingerprint density at radius 1 is 0.960 bits per heavy atom. The topological polar surface area (TPSA) is 28.0 Å². The van der Waals surface area contributed by atoms with Gasteiger partial charge in [-0.1, -0.05) is 0 Å². The van der Waals surface area contributed by atoms with Crippen LogP contribution < -0.4 is 4.67 Å². The van der Waals surface area contributed by atoms with Crippen molar-refractivity contribution in [2.24, 2.45) is 9.76 Å². The van der Waals surface area contributed by atoms with E-state index in [1.54, 1.807) is 30.4 Å². The summed E-state index contributed by atoms with van der Waals surface area (Å²) in [6, 6.07) is 14.8. The summed E-state index contributed by atoms with van der Waals surface area (Å²) in [6.07, 6.45) is 6.77. The Labute approximate surface area is 145 Å². The number of hydrogen-bond donors (Lipinski definition) is 0. The van der Waals surface area contributed by atoms with Gasteiger partial charge in [0.05, 0.1) is 0 Å². The van der Waals surface area contributed by atoms with Crippen molar-refractivity contribution in [3.63, 3.8) is 0 Å². The molecule has 2 aromatic carbocycles. The van der Waals surface area contributed by atoms with Crippen LogP contribution in [0.4, 0.5) is 14.1 Å². The van der Waals surface area contributed by atoms with Crippen LogP contribution >= 0.6 is 8.19 Å². The molecular weight excluding hydrogens is 339 g/mol. The molecule has 0 aliphatic carbocycles. The zero-order chi connectivity index (χ0) is 17.4. The molecule has 0 saturated heterocycles. The Bertz CT molecular complexity index is 961. The molecule has 0 saturated carbocycles. The van der Waals surface area contributed by atoms with Crippen LogP contribution in [0.15, 0.2) is 70.4 Å². The van der Waals surface area contributed by atoms with Crippen molar-refractivity contribution >= 4 is 37.7 Å². The maximum absolute atomic E-state index is 14.8. The molecule has 2 heterocycles. The van der Waals surface area contributed by atoms with Crippen molar-refractivity contribution in [2.45, 2.75) is 6.92 Å². The predicted octanol–water partition coefficient (Wildman–Crippen LogP) is 5.70. The third-order valence-electron chi connectivity index (χ3n) is 4.17. The number of benzene rings is 2. The first-order valence-corrected chi connectivity index (χ1v) is 9.57. The quantitative estimate of drug-likeness (QED) is 0.635. The van der Waals surface area contributed by atoms with E-state index in [1.807, 2.05) is 49.4 Å². The third kappa shape index (κ3) is 2.92. The molecule has 25 heavy (non-hydrogen) atoms. The summed E-state index contributed by atoms with van der Waals surface area (Å²) in [4.78, 5) is 4.32. The number of hydrogen-bond acceptors (Lipinski definition) is 3. The van der Waals surface area contributed by atoms with Crippen LogP contribution in [0.1, 0.15) is 16.7 Å². The van der Waals surface area contributed by atoms with Crippen LogP contribution in [-0.4, -0.2) is 11.7 Å². The van der Waals surface area contributed by atoms with E-state index in [4.69, 9.17) is 0 Å². The third-order valence-corrected chi connectivity index (χ3v) is 5.67. The molecule has 0 atom stereocenters. The molecule has 0 spiro atoms. The molecule has 0 amide bonds. The van der Waals surface area contributed by atoms with E-state index in [0.29, 0.717) is 5.69 Å². The van der Waals surface area contributed by atoms with E-state index in [-0.39, 0.29) is 11.7 Å². The Morgan fingerprint density at radius 3 is 2.56 bits per heavy atom. The molecule has 0 aromatic heterocycles.